The predicted molar refractivity (Wildman–Crippen MR) is 151 cm³/mol. The molecule has 2 aromatic heterocycles. The number of hydrogen-bond acceptors (Lipinski definition) is 5. The van der Waals surface area contributed by atoms with E-state index in [0.717, 1.165) is 65.3 Å². The van der Waals surface area contributed by atoms with E-state index in [-0.39, 0.29) is 5.91 Å². The molecule has 190 valence electrons. The van der Waals surface area contributed by atoms with Crippen molar-refractivity contribution in [3.63, 3.8) is 0 Å². The number of carbonyl (C=O) groups is 1. The number of aromatic nitrogens is 2. The molecule has 0 spiro atoms. The number of amides is 1. The number of para-hydroxylation sites is 1. The number of piperidine rings is 1. The Kier molecular flexibility index (Phi) is 8.39. The lowest BCUT2D eigenvalue weighted by atomic mass is 9.95. The van der Waals surface area contributed by atoms with Crippen molar-refractivity contribution in [2.24, 2.45) is 5.92 Å². The van der Waals surface area contributed by atoms with Crippen LogP contribution in [-0.2, 0) is 6.42 Å². The summed E-state index contributed by atoms with van der Waals surface area (Å²) in [6, 6.07) is 22.0. The molecule has 1 atom stereocenters. The molecule has 5 rings (SSSR count). The summed E-state index contributed by atoms with van der Waals surface area (Å²) in [6.45, 7) is 3.85. The van der Waals surface area contributed by atoms with Gasteiger partial charge in [-0.25, -0.2) is 4.98 Å². The van der Waals surface area contributed by atoms with E-state index in [2.05, 4.69) is 45.2 Å². The molecule has 0 saturated carbocycles. The lowest BCUT2D eigenvalue weighted by Gasteiger charge is -2.22. The monoisotopic (exact) mass is 493 g/mol. The van der Waals surface area contributed by atoms with Crippen LogP contribution in [0.15, 0.2) is 79.1 Å². The average Bonchev–Trinajstić information content (AvgIpc) is 2.96. The van der Waals surface area contributed by atoms with Gasteiger partial charge >= 0.3 is 0 Å². The van der Waals surface area contributed by atoms with Crippen LogP contribution in [0.2, 0.25) is 0 Å². The summed E-state index contributed by atoms with van der Waals surface area (Å²) in [5.74, 6) is 0.731. The number of nitrogens with zero attached hydrogens (tertiary/aromatic N) is 2. The Morgan fingerprint density at radius 3 is 2.65 bits per heavy atom. The minimum atomic E-state index is -0.0670. The van der Waals surface area contributed by atoms with E-state index in [4.69, 9.17) is 4.98 Å². The number of benzene rings is 2. The highest BCUT2D eigenvalue weighted by molar-refractivity contribution is 5.96. The third kappa shape index (κ3) is 6.71. The highest BCUT2D eigenvalue weighted by atomic mass is 16.1. The van der Waals surface area contributed by atoms with Gasteiger partial charge in [0.2, 0.25) is 0 Å². The quantitative estimate of drug-likeness (QED) is 0.256. The van der Waals surface area contributed by atoms with Crippen LogP contribution in [0.5, 0.6) is 0 Å². The largest absolute Gasteiger partial charge is 0.384 e. The van der Waals surface area contributed by atoms with Crippen molar-refractivity contribution in [2.45, 2.75) is 32.1 Å². The standard InChI is InChI=1S/C31H35N5O/c37-31(35-20-15-23-13-18-32-19-14-23)26-11-9-25(10-12-26)29-21-30(27-7-1-2-8-28(27)36-29)34-17-4-6-24-5-3-16-33-22-24/h1-2,7-14,18-19,21,24,33H,3-6,15-17,20,22H2,(H,34,36)(H,35,37). The summed E-state index contributed by atoms with van der Waals surface area (Å²) in [7, 11) is 0. The van der Waals surface area contributed by atoms with E-state index < -0.39 is 0 Å². The number of carbonyl (C=O) groups excluding carboxylic acids is 1. The van der Waals surface area contributed by atoms with Gasteiger partial charge in [0.1, 0.15) is 0 Å². The van der Waals surface area contributed by atoms with E-state index in [0.29, 0.717) is 12.1 Å². The third-order valence-electron chi connectivity index (χ3n) is 7.11. The lowest BCUT2D eigenvalue weighted by Crippen LogP contribution is -2.29. The Hall–Kier alpha value is -3.77. The van der Waals surface area contributed by atoms with Gasteiger partial charge in [-0.2, -0.15) is 0 Å². The van der Waals surface area contributed by atoms with Gasteiger partial charge in [-0.05, 0) is 93.1 Å². The number of fused-ring (bicyclic) bond motifs is 1. The van der Waals surface area contributed by atoms with Crippen molar-refractivity contribution in [3.05, 3.63) is 90.3 Å². The van der Waals surface area contributed by atoms with Gasteiger partial charge in [0.25, 0.3) is 5.91 Å². The topological polar surface area (TPSA) is 78.9 Å². The first-order chi connectivity index (χ1) is 18.3. The Balaban J connectivity index is 1.23. The van der Waals surface area contributed by atoms with E-state index in [9.17, 15) is 4.79 Å². The summed E-state index contributed by atoms with van der Waals surface area (Å²) in [4.78, 5) is 21.6. The number of rotatable bonds is 10. The van der Waals surface area contributed by atoms with Crippen molar-refractivity contribution in [1.29, 1.82) is 0 Å². The maximum absolute atomic E-state index is 12.6. The molecule has 6 nitrogen and oxygen atoms in total. The summed E-state index contributed by atoms with van der Waals surface area (Å²) >= 11 is 0. The molecule has 1 aliphatic heterocycles. The molecular weight excluding hydrogens is 458 g/mol. The smallest absolute Gasteiger partial charge is 0.251 e. The molecule has 0 aliphatic carbocycles. The summed E-state index contributed by atoms with van der Waals surface area (Å²) in [6.07, 6.45) is 9.36. The molecule has 0 radical (unpaired) electrons. The molecule has 37 heavy (non-hydrogen) atoms. The molecule has 1 fully saturated rings. The number of anilines is 1. The Labute approximate surface area is 218 Å². The highest BCUT2D eigenvalue weighted by Gasteiger charge is 2.13. The van der Waals surface area contributed by atoms with Crippen LogP contribution in [-0.4, -0.2) is 42.1 Å². The third-order valence-corrected chi connectivity index (χ3v) is 7.11. The second-order valence-electron chi connectivity index (χ2n) is 9.79. The van der Waals surface area contributed by atoms with Gasteiger partial charge < -0.3 is 16.0 Å². The lowest BCUT2D eigenvalue weighted by molar-refractivity contribution is 0.0954. The van der Waals surface area contributed by atoms with Gasteiger partial charge in [-0.3, -0.25) is 9.78 Å². The van der Waals surface area contributed by atoms with Gasteiger partial charge in [0.05, 0.1) is 11.2 Å². The number of pyridine rings is 2. The molecule has 1 saturated heterocycles. The molecule has 0 bridgehead atoms. The van der Waals surface area contributed by atoms with E-state index in [1.165, 1.54) is 25.8 Å². The second-order valence-corrected chi connectivity index (χ2v) is 9.79. The van der Waals surface area contributed by atoms with E-state index >= 15 is 0 Å². The fourth-order valence-corrected chi connectivity index (χ4v) is 5.02. The minimum absolute atomic E-state index is 0.0670. The normalized spacial score (nSPS) is 15.4. The van der Waals surface area contributed by atoms with Crippen molar-refractivity contribution in [2.75, 3.05) is 31.5 Å². The van der Waals surface area contributed by atoms with Crippen LogP contribution in [0.25, 0.3) is 22.2 Å². The molecule has 6 heteroatoms. The van der Waals surface area contributed by atoms with Gasteiger partial charge in [0.15, 0.2) is 0 Å². The summed E-state index contributed by atoms with van der Waals surface area (Å²) < 4.78 is 0. The average molecular weight is 494 g/mol. The van der Waals surface area contributed by atoms with Gasteiger partial charge in [0, 0.05) is 47.7 Å². The first kappa shape index (κ1) is 24.9. The molecule has 2 aromatic carbocycles. The van der Waals surface area contributed by atoms with E-state index in [1.54, 1.807) is 12.4 Å². The first-order valence-electron chi connectivity index (χ1n) is 13.4. The second kappa shape index (κ2) is 12.5. The Morgan fingerprint density at radius 1 is 1.00 bits per heavy atom. The minimum Gasteiger partial charge on any atom is -0.384 e. The van der Waals surface area contributed by atoms with Crippen LogP contribution in [0.4, 0.5) is 5.69 Å². The maximum atomic E-state index is 12.6. The van der Waals surface area contributed by atoms with Crippen molar-refractivity contribution < 1.29 is 4.79 Å². The van der Waals surface area contributed by atoms with Crippen molar-refractivity contribution in [1.82, 2.24) is 20.6 Å². The fraction of sp³-hybridized carbons (Fsp3) is 0.323. The predicted octanol–water partition coefficient (Wildman–Crippen LogP) is 5.46. The van der Waals surface area contributed by atoms with Crippen molar-refractivity contribution >= 4 is 22.5 Å². The summed E-state index contributed by atoms with van der Waals surface area (Å²) in [5, 5.41) is 11.3. The fourth-order valence-electron chi connectivity index (χ4n) is 5.02. The zero-order chi connectivity index (χ0) is 25.3. The first-order valence-corrected chi connectivity index (χ1v) is 13.4. The Bertz CT molecular complexity index is 1300. The number of nitrogens with one attached hydrogen (secondary N) is 3. The van der Waals surface area contributed by atoms with Crippen LogP contribution >= 0.6 is 0 Å². The summed E-state index contributed by atoms with van der Waals surface area (Å²) in [5.41, 5.74) is 5.79. The molecule has 3 N–H and O–H groups in total. The molecule has 4 aromatic rings. The van der Waals surface area contributed by atoms with Crippen LogP contribution in [0.3, 0.4) is 0 Å². The molecule has 3 heterocycles. The molecular formula is C31H35N5O. The number of hydrogen-bond donors (Lipinski definition) is 3. The SMILES string of the molecule is O=C(NCCc1ccncc1)c1ccc(-c2cc(NCCCC3CCCNC3)c3ccccc3n2)cc1. The Morgan fingerprint density at radius 2 is 1.84 bits per heavy atom. The maximum Gasteiger partial charge on any atom is 0.251 e. The van der Waals surface area contributed by atoms with Gasteiger partial charge in [-0.15, -0.1) is 0 Å². The van der Waals surface area contributed by atoms with Gasteiger partial charge in [-0.1, -0.05) is 30.3 Å². The van der Waals surface area contributed by atoms with Crippen LogP contribution in [0, 0.1) is 5.92 Å². The molecule has 1 amide bonds. The van der Waals surface area contributed by atoms with Crippen LogP contribution < -0.4 is 16.0 Å². The van der Waals surface area contributed by atoms with Crippen molar-refractivity contribution in [3.8, 4) is 11.3 Å². The zero-order valence-electron chi connectivity index (χ0n) is 21.2. The molecule has 1 unspecified atom stereocenters. The highest BCUT2D eigenvalue weighted by Crippen LogP contribution is 2.29. The zero-order valence-corrected chi connectivity index (χ0v) is 21.2. The molecule has 1 aliphatic rings. The van der Waals surface area contributed by atoms with E-state index in [1.807, 2.05) is 42.5 Å². The van der Waals surface area contributed by atoms with Crippen LogP contribution in [0.1, 0.15) is 41.6 Å².